The van der Waals surface area contributed by atoms with Crippen LogP contribution < -0.4 is 5.32 Å². The van der Waals surface area contributed by atoms with Gasteiger partial charge in [-0.25, -0.2) is 4.98 Å². The zero-order valence-electron chi connectivity index (χ0n) is 18.1. The number of thioether (sulfide) groups is 1. The van der Waals surface area contributed by atoms with Crippen LogP contribution >= 0.6 is 11.8 Å². The summed E-state index contributed by atoms with van der Waals surface area (Å²) >= 11 is 0.901. The SMILES string of the molecule is Cc1ccc(NC(=O)CN(C)C(=O)CSc2ncc(-c3ccccc3)n2CC(F)(F)F)cc1. The normalized spacial score (nSPS) is 11.3. The number of aryl methyl sites for hydroxylation is 1. The number of hydrogen-bond donors (Lipinski definition) is 1. The molecular weight excluding hydrogens is 453 g/mol. The molecule has 0 aliphatic rings. The number of likely N-dealkylation sites (N-methyl/N-ethyl adjacent to an activating group) is 1. The van der Waals surface area contributed by atoms with Crippen molar-refractivity contribution in [2.75, 3.05) is 24.7 Å². The van der Waals surface area contributed by atoms with E-state index in [0.29, 0.717) is 16.9 Å². The second-order valence-corrected chi connectivity index (χ2v) is 8.39. The Morgan fingerprint density at radius 3 is 2.39 bits per heavy atom. The lowest BCUT2D eigenvalue weighted by atomic mass is 10.2. The summed E-state index contributed by atoms with van der Waals surface area (Å²) in [6.45, 7) is 0.528. The number of halogens is 3. The Hall–Kier alpha value is -3.27. The van der Waals surface area contributed by atoms with E-state index in [1.54, 1.807) is 42.5 Å². The van der Waals surface area contributed by atoms with Crippen molar-refractivity contribution in [2.45, 2.75) is 24.8 Å². The Labute approximate surface area is 193 Å². The van der Waals surface area contributed by atoms with Gasteiger partial charge in [0.05, 0.1) is 24.2 Å². The molecule has 0 aliphatic carbocycles. The van der Waals surface area contributed by atoms with Crippen molar-refractivity contribution in [3.63, 3.8) is 0 Å². The zero-order chi connectivity index (χ0) is 24.0. The first-order valence-electron chi connectivity index (χ1n) is 10.0. The summed E-state index contributed by atoms with van der Waals surface area (Å²) in [5.74, 6) is -0.927. The fraction of sp³-hybridized carbons (Fsp3) is 0.261. The van der Waals surface area contributed by atoms with Crippen LogP contribution in [0.15, 0.2) is 66.0 Å². The molecular formula is C23H23F3N4O2S. The molecule has 0 bridgehead atoms. The lowest BCUT2D eigenvalue weighted by Crippen LogP contribution is -2.36. The van der Waals surface area contributed by atoms with E-state index >= 15 is 0 Å². The van der Waals surface area contributed by atoms with Crippen molar-refractivity contribution in [1.82, 2.24) is 14.5 Å². The monoisotopic (exact) mass is 476 g/mol. The highest BCUT2D eigenvalue weighted by atomic mass is 32.2. The predicted octanol–water partition coefficient (Wildman–Crippen LogP) is 4.61. The number of nitrogens with one attached hydrogen (secondary N) is 1. The van der Waals surface area contributed by atoms with E-state index in [4.69, 9.17) is 0 Å². The summed E-state index contributed by atoms with van der Waals surface area (Å²) in [5.41, 5.74) is 2.58. The van der Waals surface area contributed by atoms with Crippen molar-refractivity contribution in [3.8, 4) is 11.3 Å². The van der Waals surface area contributed by atoms with Gasteiger partial charge in [-0.05, 0) is 24.6 Å². The number of carbonyl (C=O) groups excluding carboxylic acids is 2. The first-order valence-corrected chi connectivity index (χ1v) is 11.0. The average Bonchev–Trinajstić information content (AvgIpc) is 3.14. The Morgan fingerprint density at radius 1 is 1.09 bits per heavy atom. The number of carbonyl (C=O) groups is 2. The van der Waals surface area contributed by atoms with Crippen molar-refractivity contribution >= 4 is 29.3 Å². The molecule has 0 saturated carbocycles. The molecule has 6 nitrogen and oxygen atoms in total. The second kappa shape index (κ2) is 10.6. The first-order chi connectivity index (χ1) is 15.6. The van der Waals surface area contributed by atoms with Crippen molar-refractivity contribution in [3.05, 3.63) is 66.4 Å². The molecule has 0 aliphatic heterocycles. The zero-order valence-corrected chi connectivity index (χ0v) is 18.9. The third-order valence-corrected chi connectivity index (χ3v) is 5.67. The van der Waals surface area contributed by atoms with Gasteiger partial charge in [-0.3, -0.25) is 9.59 Å². The standard InChI is InChI=1S/C23H23F3N4O2S/c1-16-8-10-18(11-9-16)28-20(31)13-29(2)21(32)14-33-22-27-12-19(17-6-4-3-5-7-17)30(22)15-23(24,25)26/h3-12H,13-15H2,1-2H3,(H,28,31). The van der Waals surface area contributed by atoms with Gasteiger partial charge in [-0.15, -0.1) is 0 Å². The largest absolute Gasteiger partial charge is 0.406 e. The number of hydrogen-bond acceptors (Lipinski definition) is 4. The van der Waals surface area contributed by atoms with Gasteiger partial charge < -0.3 is 14.8 Å². The molecule has 0 radical (unpaired) electrons. The van der Waals surface area contributed by atoms with Crippen LogP contribution in [-0.2, 0) is 16.1 Å². The molecule has 2 aromatic carbocycles. The number of alkyl halides is 3. The van der Waals surface area contributed by atoms with E-state index in [2.05, 4.69) is 10.3 Å². The average molecular weight is 477 g/mol. The maximum absolute atomic E-state index is 13.2. The minimum atomic E-state index is -4.45. The molecule has 0 fully saturated rings. The van der Waals surface area contributed by atoms with Crippen LogP contribution in [0.5, 0.6) is 0 Å². The van der Waals surface area contributed by atoms with Gasteiger partial charge in [-0.1, -0.05) is 59.8 Å². The van der Waals surface area contributed by atoms with Gasteiger partial charge in [0.25, 0.3) is 0 Å². The minimum Gasteiger partial charge on any atom is -0.336 e. The fourth-order valence-electron chi connectivity index (χ4n) is 3.02. The summed E-state index contributed by atoms with van der Waals surface area (Å²) in [4.78, 5) is 30.0. The van der Waals surface area contributed by atoms with Gasteiger partial charge in [0.2, 0.25) is 11.8 Å². The summed E-state index contributed by atoms with van der Waals surface area (Å²) in [7, 11) is 1.47. The molecule has 2 amide bonds. The van der Waals surface area contributed by atoms with E-state index in [1.165, 1.54) is 18.1 Å². The molecule has 33 heavy (non-hydrogen) atoms. The number of imidazole rings is 1. The van der Waals surface area contributed by atoms with E-state index in [-0.39, 0.29) is 23.4 Å². The summed E-state index contributed by atoms with van der Waals surface area (Å²) in [6.07, 6.45) is -3.08. The van der Waals surface area contributed by atoms with Gasteiger partial charge in [0, 0.05) is 12.7 Å². The Balaban J connectivity index is 1.63. The number of nitrogens with zero attached hydrogens (tertiary/aromatic N) is 3. The Kier molecular flexibility index (Phi) is 7.80. The third kappa shape index (κ3) is 7.11. The van der Waals surface area contributed by atoms with Crippen LogP contribution in [0, 0.1) is 6.92 Å². The van der Waals surface area contributed by atoms with Crippen molar-refractivity contribution in [2.24, 2.45) is 0 Å². The lowest BCUT2D eigenvalue weighted by Gasteiger charge is -2.17. The Morgan fingerprint density at radius 2 is 1.76 bits per heavy atom. The number of benzene rings is 2. The van der Waals surface area contributed by atoms with Crippen LogP contribution in [-0.4, -0.2) is 51.8 Å². The van der Waals surface area contributed by atoms with E-state index < -0.39 is 18.6 Å². The third-order valence-electron chi connectivity index (χ3n) is 4.69. The molecule has 0 atom stereocenters. The molecule has 1 N–H and O–H groups in total. The van der Waals surface area contributed by atoms with Crippen molar-refractivity contribution < 1.29 is 22.8 Å². The maximum atomic E-state index is 13.2. The van der Waals surface area contributed by atoms with Crippen LogP contribution in [0.2, 0.25) is 0 Å². The first kappa shape index (κ1) is 24.4. The molecule has 174 valence electrons. The second-order valence-electron chi connectivity index (χ2n) is 7.45. The lowest BCUT2D eigenvalue weighted by molar-refractivity contribution is -0.141. The highest BCUT2D eigenvalue weighted by Gasteiger charge is 2.31. The summed E-state index contributed by atoms with van der Waals surface area (Å²) < 4.78 is 40.6. The topological polar surface area (TPSA) is 67.2 Å². The maximum Gasteiger partial charge on any atom is 0.406 e. The number of rotatable bonds is 8. The van der Waals surface area contributed by atoms with E-state index in [9.17, 15) is 22.8 Å². The van der Waals surface area contributed by atoms with Crippen LogP contribution in [0.25, 0.3) is 11.3 Å². The molecule has 0 unspecified atom stereocenters. The van der Waals surface area contributed by atoms with E-state index in [1.807, 2.05) is 19.1 Å². The molecule has 0 spiro atoms. The van der Waals surface area contributed by atoms with Crippen molar-refractivity contribution in [1.29, 1.82) is 0 Å². The number of aromatic nitrogens is 2. The molecule has 3 aromatic rings. The fourth-order valence-corrected chi connectivity index (χ4v) is 3.94. The summed E-state index contributed by atoms with van der Waals surface area (Å²) in [6, 6.07) is 15.9. The van der Waals surface area contributed by atoms with Crippen LogP contribution in [0.1, 0.15) is 5.56 Å². The molecule has 0 saturated heterocycles. The summed E-state index contributed by atoms with van der Waals surface area (Å²) in [5, 5.41) is 2.78. The van der Waals surface area contributed by atoms with Gasteiger partial charge in [0.1, 0.15) is 6.54 Å². The van der Waals surface area contributed by atoms with Crippen LogP contribution in [0.3, 0.4) is 0 Å². The van der Waals surface area contributed by atoms with E-state index in [0.717, 1.165) is 21.9 Å². The molecule has 3 rings (SSSR count). The quantitative estimate of drug-likeness (QED) is 0.482. The highest BCUT2D eigenvalue weighted by molar-refractivity contribution is 7.99. The minimum absolute atomic E-state index is 0.0806. The van der Waals surface area contributed by atoms with Gasteiger partial charge in [0.15, 0.2) is 5.16 Å². The highest BCUT2D eigenvalue weighted by Crippen LogP contribution is 2.30. The van der Waals surface area contributed by atoms with Crippen LogP contribution in [0.4, 0.5) is 18.9 Å². The smallest absolute Gasteiger partial charge is 0.336 e. The molecule has 10 heteroatoms. The van der Waals surface area contributed by atoms with Gasteiger partial charge in [-0.2, -0.15) is 13.2 Å². The van der Waals surface area contributed by atoms with Gasteiger partial charge >= 0.3 is 6.18 Å². The molecule has 1 aromatic heterocycles. The molecule has 1 heterocycles. The predicted molar refractivity (Wildman–Crippen MR) is 122 cm³/mol. The number of amides is 2. The Bertz CT molecular complexity index is 1100. The number of anilines is 1.